The van der Waals surface area contributed by atoms with Crippen LogP contribution in [0.2, 0.25) is 0 Å². The average Bonchev–Trinajstić information content (AvgIpc) is 3.51. The molecule has 5 heteroatoms. The molecule has 1 amide bonds. The highest BCUT2D eigenvalue weighted by atomic mass is 16.5. The molecule has 1 fully saturated rings. The lowest BCUT2D eigenvalue weighted by atomic mass is 10.1. The molecule has 1 unspecified atom stereocenters. The third-order valence-corrected chi connectivity index (χ3v) is 4.55. The number of amides is 1. The average molecular weight is 352 g/mol. The fourth-order valence-corrected chi connectivity index (χ4v) is 3.02. The lowest BCUT2D eigenvalue weighted by Gasteiger charge is -2.28. The van der Waals surface area contributed by atoms with Crippen LogP contribution >= 0.6 is 0 Å². The standard InChI is InChI=1S/C21H24N2O3/c1-15(18-6-4-5-13-22-18)23(17-9-10-17)21(24)12-8-16-7-11-19(25-2)20(14-16)26-3/h4-8,11-15,17H,9-10H2,1-3H3. The number of benzene rings is 1. The van der Waals surface area contributed by atoms with Crippen molar-refractivity contribution in [2.45, 2.75) is 31.8 Å². The Morgan fingerprint density at radius 2 is 1.96 bits per heavy atom. The van der Waals surface area contributed by atoms with Gasteiger partial charge in [0.1, 0.15) is 0 Å². The van der Waals surface area contributed by atoms with Crippen LogP contribution in [-0.4, -0.2) is 36.1 Å². The van der Waals surface area contributed by atoms with Crippen LogP contribution in [0.3, 0.4) is 0 Å². The van der Waals surface area contributed by atoms with Gasteiger partial charge in [-0.15, -0.1) is 0 Å². The summed E-state index contributed by atoms with van der Waals surface area (Å²) in [5.41, 5.74) is 1.80. The summed E-state index contributed by atoms with van der Waals surface area (Å²) in [7, 11) is 3.20. The van der Waals surface area contributed by atoms with E-state index >= 15 is 0 Å². The minimum atomic E-state index is -0.0498. The molecule has 1 aromatic heterocycles. The van der Waals surface area contributed by atoms with Crippen molar-refractivity contribution in [2.24, 2.45) is 0 Å². The van der Waals surface area contributed by atoms with Gasteiger partial charge in [-0.05, 0) is 55.7 Å². The van der Waals surface area contributed by atoms with Crippen LogP contribution in [0, 0.1) is 0 Å². The molecule has 3 rings (SSSR count). The second-order valence-corrected chi connectivity index (χ2v) is 6.36. The smallest absolute Gasteiger partial charge is 0.247 e. The van der Waals surface area contributed by atoms with E-state index in [0.717, 1.165) is 24.1 Å². The second kappa shape index (κ2) is 8.04. The van der Waals surface area contributed by atoms with E-state index in [-0.39, 0.29) is 11.9 Å². The summed E-state index contributed by atoms with van der Waals surface area (Å²) >= 11 is 0. The second-order valence-electron chi connectivity index (χ2n) is 6.36. The van der Waals surface area contributed by atoms with Gasteiger partial charge in [-0.1, -0.05) is 12.1 Å². The van der Waals surface area contributed by atoms with Crippen molar-refractivity contribution in [3.63, 3.8) is 0 Å². The van der Waals surface area contributed by atoms with Crippen LogP contribution in [0.25, 0.3) is 6.08 Å². The Kier molecular flexibility index (Phi) is 5.56. The molecule has 1 saturated carbocycles. The van der Waals surface area contributed by atoms with E-state index < -0.39 is 0 Å². The first kappa shape index (κ1) is 18.0. The molecule has 0 radical (unpaired) electrons. The summed E-state index contributed by atoms with van der Waals surface area (Å²) in [6, 6.07) is 11.6. The molecule has 1 aliphatic rings. The zero-order valence-corrected chi connectivity index (χ0v) is 15.4. The van der Waals surface area contributed by atoms with E-state index in [2.05, 4.69) is 4.98 Å². The molecule has 0 aliphatic heterocycles. The first-order chi connectivity index (χ1) is 12.6. The van der Waals surface area contributed by atoms with Gasteiger partial charge in [0, 0.05) is 18.3 Å². The van der Waals surface area contributed by atoms with Gasteiger partial charge in [0.05, 0.1) is 26.0 Å². The Bertz CT molecular complexity index is 785. The van der Waals surface area contributed by atoms with E-state index in [1.165, 1.54) is 0 Å². The van der Waals surface area contributed by atoms with E-state index in [4.69, 9.17) is 9.47 Å². The van der Waals surface area contributed by atoms with Crippen LogP contribution in [0.15, 0.2) is 48.7 Å². The lowest BCUT2D eigenvalue weighted by molar-refractivity contribution is -0.128. The van der Waals surface area contributed by atoms with Gasteiger partial charge in [0.25, 0.3) is 0 Å². The number of methoxy groups -OCH3 is 2. The molecule has 1 aromatic carbocycles. The molecular weight excluding hydrogens is 328 g/mol. The summed E-state index contributed by atoms with van der Waals surface area (Å²) in [6.45, 7) is 2.03. The Morgan fingerprint density at radius 1 is 1.19 bits per heavy atom. The molecule has 1 heterocycles. The predicted octanol–water partition coefficient (Wildman–Crippen LogP) is 3.86. The van der Waals surface area contributed by atoms with Gasteiger partial charge in [-0.2, -0.15) is 0 Å². The van der Waals surface area contributed by atoms with Crippen molar-refractivity contribution in [1.29, 1.82) is 0 Å². The van der Waals surface area contributed by atoms with Crippen molar-refractivity contribution in [3.05, 3.63) is 59.9 Å². The molecule has 2 aromatic rings. The maximum Gasteiger partial charge on any atom is 0.247 e. The van der Waals surface area contributed by atoms with Crippen LogP contribution in [-0.2, 0) is 4.79 Å². The normalized spacial score (nSPS) is 14.9. The summed E-state index contributed by atoms with van der Waals surface area (Å²) in [6.07, 6.45) is 7.30. The molecule has 0 saturated heterocycles. The van der Waals surface area contributed by atoms with Gasteiger partial charge >= 0.3 is 0 Å². The van der Waals surface area contributed by atoms with Crippen LogP contribution in [0.4, 0.5) is 0 Å². The predicted molar refractivity (Wildman–Crippen MR) is 101 cm³/mol. The highest BCUT2D eigenvalue weighted by Crippen LogP contribution is 2.34. The van der Waals surface area contributed by atoms with Crippen molar-refractivity contribution >= 4 is 12.0 Å². The van der Waals surface area contributed by atoms with Crippen LogP contribution in [0.5, 0.6) is 11.5 Å². The number of carbonyl (C=O) groups excluding carboxylic acids is 1. The number of pyridine rings is 1. The first-order valence-corrected chi connectivity index (χ1v) is 8.77. The van der Waals surface area contributed by atoms with Crippen molar-refractivity contribution in [2.75, 3.05) is 14.2 Å². The molecule has 1 atom stereocenters. The Hall–Kier alpha value is -2.82. The molecule has 136 valence electrons. The van der Waals surface area contributed by atoms with Gasteiger partial charge < -0.3 is 14.4 Å². The fourth-order valence-electron chi connectivity index (χ4n) is 3.02. The summed E-state index contributed by atoms with van der Waals surface area (Å²) < 4.78 is 10.6. The number of hydrogen-bond donors (Lipinski definition) is 0. The maximum atomic E-state index is 12.8. The van der Waals surface area contributed by atoms with Crippen molar-refractivity contribution in [1.82, 2.24) is 9.88 Å². The number of hydrogen-bond acceptors (Lipinski definition) is 4. The maximum absolute atomic E-state index is 12.8. The van der Waals surface area contributed by atoms with Crippen LogP contribution < -0.4 is 9.47 Å². The number of rotatable bonds is 7. The summed E-state index contributed by atoms with van der Waals surface area (Å²) in [4.78, 5) is 19.2. The van der Waals surface area contributed by atoms with E-state index in [1.807, 2.05) is 54.3 Å². The van der Waals surface area contributed by atoms with Gasteiger partial charge in [0.2, 0.25) is 5.91 Å². The Labute approximate surface area is 154 Å². The largest absolute Gasteiger partial charge is 0.493 e. The van der Waals surface area contributed by atoms with E-state index in [0.29, 0.717) is 17.5 Å². The number of ether oxygens (including phenoxy) is 2. The van der Waals surface area contributed by atoms with E-state index in [9.17, 15) is 4.79 Å². The van der Waals surface area contributed by atoms with Crippen molar-refractivity contribution in [3.8, 4) is 11.5 Å². The zero-order valence-electron chi connectivity index (χ0n) is 15.4. The summed E-state index contributed by atoms with van der Waals surface area (Å²) in [5, 5.41) is 0. The highest BCUT2D eigenvalue weighted by molar-refractivity contribution is 5.92. The third-order valence-electron chi connectivity index (χ3n) is 4.55. The molecule has 26 heavy (non-hydrogen) atoms. The minimum Gasteiger partial charge on any atom is -0.493 e. The lowest BCUT2D eigenvalue weighted by Crippen LogP contribution is -2.34. The quantitative estimate of drug-likeness (QED) is 0.710. The van der Waals surface area contributed by atoms with E-state index in [1.54, 1.807) is 26.5 Å². The Balaban J connectivity index is 1.77. The fraction of sp³-hybridized carbons (Fsp3) is 0.333. The molecule has 0 spiro atoms. The molecule has 0 bridgehead atoms. The minimum absolute atomic E-state index is 0.000406. The monoisotopic (exact) mass is 352 g/mol. The number of aromatic nitrogens is 1. The molecule has 0 N–H and O–H groups in total. The highest BCUT2D eigenvalue weighted by Gasteiger charge is 2.35. The SMILES string of the molecule is COc1ccc(C=CC(=O)N(C2CC2)C(C)c2ccccn2)cc1OC. The summed E-state index contributed by atoms with van der Waals surface area (Å²) in [5.74, 6) is 1.31. The first-order valence-electron chi connectivity index (χ1n) is 8.77. The van der Waals surface area contributed by atoms with Gasteiger partial charge in [-0.3, -0.25) is 9.78 Å². The van der Waals surface area contributed by atoms with Crippen molar-refractivity contribution < 1.29 is 14.3 Å². The third kappa shape index (κ3) is 4.04. The van der Waals surface area contributed by atoms with Gasteiger partial charge in [-0.25, -0.2) is 0 Å². The van der Waals surface area contributed by atoms with Crippen LogP contribution in [0.1, 0.15) is 37.1 Å². The number of carbonyl (C=O) groups is 1. The Morgan fingerprint density at radius 3 is 2.58 bits per heavy atom. The number of nitrogens with zero attached hydrogens (tertiary/aromatic N) is 2. The topological polar surface area (TPSA) is 51.7 Å². The molecule has 1 aliphatic carbocycles. The molecular formula is C21H24N2O3. The molecule has 5 nitrogen and oxygen atoms in total. The zero-order chi connectivity index (χ0) is 18.5. The van der Waals surface area contributed by atoms with Gasteiger partial charge in [0.15, 0.2) is 11.5 Å².